The van der Waals surface area contributed by atoms with E-state index < -0.39 is 0 Å². The van der Waals surface area contributed by atoms with Crippen LogP contribution in [0.3, 0.4) is 0 Å². The minimum Gasteiger partial charge on any atom is -0.416 e. The van der Waals surface area contributed by atoms with Gasteiger partial charge in [-0.05, 0) is 24.3 Å². The van der Waals surface area contributed by atoms with Gasteiger partial charge in [-0.2, -0.15) is 0 Å². The zero-order chi connectivity index (χ0) is 21.0. The van der Waals surface area contributed by atoms with E-state index in [0.29, 0.717) is 23.2 Å². The number of hydrogen-bond acceptors (Lipinski definition) is 8. The number of carbonyl (C=O) groups excluding carboxylic acids is 1. The number of carbonyl (C=O) groups is 1. The van der Waals surface area contributed by atoms with E-state index in [1.54, 1.807) is 17.5 Å². The molecule has 1 N–H and O–H groups in total. The smallest absolute Gasteiger partial charge is 0.277 e. The molecule has 0 aliphatic carbocycles. The second-order valence-electron chi connectivity index (χ2n) is 6.75. The van der Waals surface area contributed by atoms with Crippen molar-refractivity contribution < 1.29 is 9.21 Å². The number of thioether (sulfide) groups is 1. The van der Waals surface area contributed by atoms with E-state index in [1.165, 1.54) is 16.5 Å². The van der Waals surface area contributed by atoms with Gasteiger partial charge in [0.1, 0.15) is 0 Å². The Morgan fingerprint density at radius 3 is 2.87 bits per heavy atom. The van der Waals surface area contributed by atoms with E-state index in [4.69, 9.17) is 4.42 Å². The van der Waals surface area contributed by atoms with Gasteiger partial charge in [-0.25, -0.2) is 4.98 Å². The Morgan fingerprint density at radius 1 is 1.03 bits per heavy atom. The third kappa shape index (κ3) is 4.57. The minimum atomic E-state index is -0.155. The van der Waals surface area contributed by atoms with Crippen molar-refractivity contribution in [1.29, 1.82) is 0 Å². The van der Waals surface area contributed by atoms with Gasteiger partial charge in [-0.3, -0.25) is 9.78 Å². The summed E-state index contributed by atoms with van der Waals surface area (Å²) in [5.74, 6) is 0.556. The van der Waals surface area contributed by atoms with E-state index in [1.807, 2.05) is 48.5 Å². The van der Waals surface area contributed by atoms with Crippen LogP contribution in [0, 0.1) is 0 Å². The fourth-order valence-electron chi connectivity index (χ4n) is 3.16. The van der Waals surface area contributed by atoms with Gasteiger partial charge in [0.15, 0.2) is 0 Å². The summed E-state index contributed by atoms with van der Waals surface area (Å²) in [7, 11) is 0. The zero-order valence-electron chi connectivity index (χ0n) is 16.3. The lowest BCUT2D eigenvalue weighted by Crippen LogP contribution is -2.14. The van der Waals surface area contributed by atoms with Gasteiger partial charge < -0.3 is 9.73 Å². The Hall–Kier alpha value is -3.30. The van der Waals surface area contributed by atoms with Crippen molar-refractivity contribution in [3.8, 4) is 0 Å². The maximum Gasteiger partial charge on any atom is 0.277 e. The summed E-state index contributed by atoms with van der Waals surface area (Å²) < 4.78 is 6.85. The van der Waals surface area contributed by atoms with E-state index in [0.717, 1.165) is 27.8 Å². The summed E-state index contributed by atoms with van der Waals surface area (Å²) in [4.78, 5) is 21.3. The number of amides is 1. The number of para-hydroxylation sites is 2. The van der Waals surface area contributed by atoms with Crippen molar-refractivity contribution in [2.24, 2.45) is 0 Å². The number of rotatable bonds is 7. The van der Waals surface area contributed by atoms with E-state index >= 15 is 0 Å². The van der Waals surface area contributed by atoms with Crippen molar-refractivity contribution in [3.05, 3.63) is 71.7 Å². The number of thiazole rings is 1. The highest BCUT2D eigenvalue weighted by Crippen LogP contribution is 2.24. The molecule has 0 atom stereocenters. The van der Waals surface area contributed by atoms with Gasteiger partial charge in [-0.15, -0.1) is 21.5 Å². The molecule has 0 saturated carbocycles. The largest absolute Gasteiger partial charge is 0.416 e. The first-order chi connectivity index (χ1) is 15.2. The highest BCUT2D eigenvalue weighted by molar-refractivity contribution is 7.99. The molecule has 0 spiro atoms. The minimum absolute atomic E-state index is 0.155. The van der Waals surface area contributed by atoms with Gasteiger partial charge in [0.05, 0.1) is 32.2 Å². The summed E-state index contributed by atoms with van der Waals surface area (Å²) in [6.45, 7) is 0. The maximum absolute atomic E-state index is 12.4. The summed E-state index contributed by atoms with van der Waals surface area (Å²) in [6.07, 6.45) is 3.06. The highest BCUT2D eigenvalue weighted by atomic mass is 32.2. The van der Waals surface area contributed by atoms with Crippen LogP contribution in [0.25, 0.3) is 21.1 Å². The molecule has 1 amide bonds. The van der Waals surface area contributed by atoms with Crippen molar-refractivity contribution in [2.45, 2.75) is 18.1 Å². The molecule has 9 heteroatoms. The van der Waals surface area contributed by atoms with Crippen LogP contribution in [0.2, 0.25) is 0 Å². The number of aryl methyl sites for hydroxylation is 2. The van der Waals surface area contributed by atoms with Crippen LogP contribution in [0.4, 0.5) is 5.69 Å². The van der Waals surface area contributed by atoms with Gasteiger partial charge >= 0.3 is 0 Å². The molecular formula is C22H17N5O2S2. The third-order valence-corrected chi connectivity index (χ3v) is 6.49. The second kappa shape index (κ2) is 8.83. The van der Waals surface area contributed by atoms with Gasteiger partial charge in [-0.1, -0.05) is 42.1 Å². The highest BCUT2D eigenvalue weighted by Gasteiger charge is 2.12. The Bertz CT molecular complexity index is 1330. The first kappa shape index (κ1) is 19.7. The molecule has 3 heterocycles. The molecule has 2 aromatic carbocycles. The average Bonchev–Trinajstić information content (AvgIpc) is 3.43. The Morgan fingerprint density at radius 2 is 1.94 bits per heavy atom. The van der Waals surface area contributed by atoms with Gasteiger partial charge in [0.2, 0.25) is 11.8 Å². The normalized spacial score (nSPS) is 11.2. The molecule has 0 aliphatic rings. The lowest BCUT2D eigenvalue weighted by Gasteiger charge is -2.07. The summed E-state index contributed by atoms with van der Waals surface area (Å²) in [6, 6.07) is 17.6. The number of benzene rings is 2. The van der Waals surface area contributed by atoms with Crippen LogP contribution >= 0.6 is 23.1 Å². The van der Waals surface area contributed by atoms with Crippen molar-refractivity contribution in [1.82, 2.24) is 20.2 Å². The number of pyridine rings is 1. The molecule has 0 saturated heterocycles. The molecule has 7 nitrogen and oxygen atoms in total. The van der Waals surface area contributed by atoms with Crippen LogP contribution in [0.15, 0.2) is 70.4 Å². The number of aromatic nitrogens is 4. The molecule has 31 heavy (non-hydrogen) atoms. The SMILES string of the molecule is O=C(CSc1nnc(CCc2nc3ccccc3s2)o1)Nc1cccc2cccnc12. The van der Waals surface area contributed by atoms with Crippen LogP contribution in [0.1, 0.15) is 10.9 Å². The molecule has 3 aromatic heterocycles. The molecular weight excluding hydrogens is 430 g/mol. The van der Waals surface area contributed by atoms with Crippen molar-refractivity contribution >= 4 is 55.8 Å². The third-order valence-electron chi connectivity index (χ3n) is 4.57. The van der Waals surface area contributed by atoms with Crippen LogP contribution in [-0.2, 0) is 17.6 Å². The fourth-order valence-corrected chi connectivity index (χ4v) is 4.70. The molecule has 0 aliphatic heterocycles. The van der Waals surface area contributed by atoms with E-state index in [9.17, 15) is 4.79 Å². The second-order valence-corrected chi connectivity index (χ2v) is 8.80. The number of anilines is 1. The first-order valence-electron chi connectivity index (χ1n) is 9.68. The first-order valence-corrected chi connectivity index (χ1v) is 11.5. The maximum atomic E-state index is 12.4. The lowest BCUT2D eigenvalue weighted by molar-refractivity contribution is -0.113. The van der Waals surface area contributed by atoms with Crippen molar-refractivity contribution in [2.75, 3.05) is 11.1 Å². The average molecular weight is 448 g/mol. The van der Waals surface area contributed by atoms with Gasteiger partial charge in [0, 0.05) is 24.4 Å². The summed E-state index contributed by atoms with van der Waals surface area (Å²) in [5.41, 5.74) is 2.46. The predicted octanol–water partition coefficient (Wildman–Crippen LogP) is 4.74. The van der Waals surface area contributed by atoms with E-state index in [-0.39, 0.29) is 11.7 Å². The Labute approximate surface area is 185 Å². The predicted molar refractivity (Wildman–Crippen MR) is 122 cm³/mol. The topological polar surface area (TPSA) is 93.8 Å². The van der Waals surface area contributed by atoms with Crippen LogP contribution in [0.5, 0.6) is 0 Å². The Kier molecular flexibility index (Phi) is 5.59. The van der Waals surface area contributed by atoms with Crippen molar-refractivity contribution in [3.63, 3.8) is 0 Å². The standard InChI is InChI=1S/C22H17N5O2S2/c28-18(24-16-8-3-5-14-6-4-12-23-21(14)16)13-30-22-27-26-19(29-22)10-11-20-25-15-7-1-2-9-17(15)31-20/h1-9,12H,10-11,13H2,(H,24,28). The number of fused-ring (bicyclic) bond motifs is 2. The zero-order valence-corrected chi connectivity index (χ0v) is 17.9. The number of nitrogens with one attached hydrogen (secondary N) is 1. The van der Waals surface area contributed by atoms with Crippen LogP contribution < -0.4 is 5.32 Å². The molecule has 0 radical (unpaired) electrons. The fraction of sp³-hybridized carbons (Fsp3) is 0.136. The monoisotopic (exact) mass is 447 g/mol. The molecule has 154 valence electrons. The quantitative estimate of drug-likeness (QED) is 0.360. The summed E-state index contributed by atoms with van der Waals surface area (Å²) >= 11 is 2.89. The lowest BCUT2D eigenvalue weighted by atomic mass is 10.2. The number of hydrogen-bond donors (Lipinski definition) is 1. The summed E-state index contributed by atoms with van der Waals surface area (Å²) in [5, 5.41) is 13.4. The van der Waals surface area contributed by atoms with Crippen LogP contribution in [-0.4, -0.2) is 31.8 Å². The van der Waals surface area contributed by atoms with E-state index in [2.05, 4.69) is 31.5 Å². The molecule has 5 aromatic rings. The molecule has 5 rings (SSSR count). The molecule has 0 bridgehead atoms. The molecule has 0 fully saturated rings. The van der Waals surface area contributed by atoms with Gasteiger partial charge in [0.25, 0.3) is 5.22 Å². The molecule has 0 unspecified atom stereocenters. The Balaban J connectivity index is 1.15. The number of nitrogens with zero attached hydrogens (tertiary/aromatic N) is 4.